The largest absolute Gasteiger partial charge is 0.352 e. The first-order valence-electron chi connectivity index (χ1n) is 9.60. The van der Waals surface area contributed by atoms with Gasteiger partial charge in [0.2, 0.25) is 5.91 Å². The van der Waals surface area contributed by atoms with Gasteiger partial charge in [-0.3, -0.25) is 4.79 Å². The van der Waals surface area contributed by atoms with Crippen molar-refractivity contribution in [2.75, 3.05) is 0 Å². The molecule has 0 aliphatic heterocycles. The number of thiophene rings is 1. The van der Waals surface area contributed by atoms with Gasteiger partial charge < -0.3 is 5.32 Å². The molecule has 1 N–H and O–H groups in total. The van der Waals surface area contributed by atoms with Gasteiger partial charge in [0.1, 0.15) is 21.4 Å². The zero-order valence-corrected chi connectivity index (χ0v) is 17.2. The van der Waals surface area contributed by atoms with Gasteiger partial charge >= 0.3 is 0 Å². The van der Waals surface area contributed by atoms with E-state index in [1.807, 2.05) is 48.5 Å². The topological polar surface area (TPSA) is 54.9 Å². The van der Waals surface area contributed by atoms with Crippen LogP contribution in [0.5, 0.6) is 0 Å². The number of nitrogens with zero attached hydrogens (tertiary/aromatic N) is 2. The van der Waals surface area contributed by atoms with E-state index in [0.717, 1.165) is 44.1 Å². The number of benzene rings is 2. The third-order valence-corrected chi connectivity index (χ3v) is 7.21. The van der Waals surface area contributed by atoms with E-state index in [1.54, 1.807) is 17.7 Å². The maximum Gasteiger partial charge on any atom is 0.238 e. The molecule has 0 unspecified atom stereocenters. The maximum atomic E-state index is 13.0. The summed E-state index contributed by atoms with van der Waals surface area (Å²) in [5.41, 5.74) is 2.15. The molecule has 1 fully saturated rings. The van der Waals surface area contributed by atoms with Crippen molar-refractivity contribution in [3.05, 3.63) is 78.6 Å². The summed E-state index contributed by atoms with van der Waals surface area (Å²) >= 11 is 3.15. The van der Waals surface area contributed by atoms with Crippen molar-refractivity contribution in [3.63, 3.8) is 0 Å². The van der Waals surface area contributed by atoms with E-state index in [9.17, 15) is 4.79 Å². The van der Waals surface area contributed by atoms with Crippen LogP contribution in [0.3, 0.4) is 0 Å². The summed E-state index contributed by atoms with van der Waals surface area (Å²) in [7, 11) is 0. The lowest BCUT2D eigenvalue weighted by Gasteiger charge is -2.16. The molecule has 1 saturated carbocycles. The molecule has 29 heavy (non-hydrogen) atoms. The fraction of sp³-hybridized carbons (Fsp3) is 0.174. The molecule has 1 atom stereocenters. The second-order valence-corrected chi connectivity index (χ2v) is 9.19. The Morgan fingerprint density at radius 3 is 2.48 bits per heavy atom. The van der Waals surface area contributed by atoms with Gasteiger partial charge in [0, 0.05) is 16.3 Å². The average molecular weight is 418 g/mol. The van der Waals surface area contributed by atoms with Crippen LogP contribution in [-0.2, 0) is 4.79 Å². The van der Waals surface area contributed by atoms with Gasteiger partial charge in [-0.1, -0.05) is 72.4 Å². The Labute approximate surface area is 177 Å². The van der Waals surface area contributed by atoms with E-state index in [1.165, 1.54) is 11.8 Å². The molecule has 4 aromatic rings. The Bertz CT molecular complexity index is 1140. The number of carbonyl (C=O) groups excluding carboxylic acids is 1. The fourth-order valence-electron chi connectivity index (χ4n) is 3.19. The third kappa shape index (κ3) is 4.04. The highest BCUT2D eigenvalue weighted by Gasteiger charge is 2.30. The highest BCUT2D eigenvalue weighted by molar-refractivity contribution is 8.00. The minimum Gasteiger partial charge on any atom is -0.352 e. The van der Waals surface area contributed by atoms with E-state index >= 15 is 0 Å². The quantitative estimate of drug-likeness (QED) is 0.334. The molecule has 2 aromatic heterocycles. The SMILES string of the molecule is O=C(NC1CC1)[C@@H](Sc1ncnc2sc(-c3ccccc3)cc12)c1ccccc1. The first kappa shape index (κ1) is 18.3. The van der Waals surface area contributed by atoms with Gasteiger partial charge in [0.25, 0.3) is 0 Å². The highest BCUT2D eigenvalue weighted by atomic mass is 32.2. The minimum absolute atomic E-state index is 0.0500. The van der Waals surface area contributed by atoms with E-state index in [-0.39, 0.29) is 11.2 Å². The lowest BCUT2D eigenvalue weighted by Crippen LogP contribution is -2.29. The Morgan fingerprint density at radius 2 is 1.76 bits per heavy atom. The summed E-state index contributed by atoms with van der Waals surface area (Å²) in [4.78, 5) is 24.1. The normalized spacial score (nSPS) is 14.6. The van der Waals surface area contributed by atoms with Crippen molar-refractivity contribution in [3.8, 4) is 10.4 Å². The number of hydrogen-bond acceptors (Lipinski definition) is 5. The molecule has 2 aromatic carbocycles. The van der Waals surface area contributed by atoms with Gasteiger partial charge in [-0.05, 0) is 30.0 Å². The number of aromatic nitrogens is 2. The monoisotopic (exact) mass is 417 g/mol. The van der Waals surface area contributed by atoms with Crippen LogP contribution >= 0.6 is 23.1 Å². The molecule has 1 amide bonds. The number of amides is 1. The van der Waals surface area contributed by atoms with Crippen molar-refractivity contribution in [1.29, 1.82) is 0 Å². The van der Waals surface area contributed by atoms with Crippen LogP contribution in [0.4, 0.5) is 0 Å². The molecule has 144 valence electrons. The summed E-state index contributed by atoms with van der Waals surface area (Å²) in [5.74, 6) is 0.0500. The smallest absolute Gasteiger partial charge is 0.238 e. The Balaban J connectivity index is 1.51. The average Bonchev–Trinajstić information content (AvgIpc) is 3.47. The zero-order chi connectivity index (χ0) is 19.6. The molecule has 5 rings (SSSR count). The molecule has 1 aliphatic carbocycles. The molecule has 1 aliphatic rings. The van der Waals surface area contributed by atoms with Crippen molar-refractivity contribution in [1.82, 2.24) is 15.3 Å². The predicted molar refractivity (Wildman–Crippen MR) is 119 cm³/mol. The first-order valence-corrected chi connectivity index (χ1v) is 11.3. The number of carbonyl (C=O) groups is 1. The molecule has 0 saturated heterocycles. The summed E-state index contributed by atoms with van der Waals surface area (Å²) < 4.78 is 0. The standard InChI is InChI=1S/C23H19N3OS2/c27-21(26-17-11-12-17)20(16-9-5-2-6-10-16)29-23-18-13-19(15-7-3-1-4-8-15)28-22(18)24-14-25-23/h1-10,13-14,17,20H,11-12H2,(H,26,27)/t20-/m0/s1. The van der Waals surface area contributed by atoms with Crippen molar-refractivity contribution < 1.29 is 4.79 Å². The molecule has 0 spiro atoms. The molecular weight excluding hydrogens is 398 g/mol. The van der Waals surface area contributed by atoms with Gasteiger partial charge in [0.05, 0.1) is 0 Å². The van der Waals surface area contributed by atoms with Gasteiger partial charge in [-0.2, -0.15) is 0 Å². The van der Waals surface area contributed by atoms with Crippen LogP contribution in [0, 0.1) is 0 Å². The van der Waals surface area contributed by atoms with Gasteiger partial charge in [-0.15, -0.1) is 11.3 Å². The third-order valence-electron chi connectivity index (χ3n) is 4.84. The van der Waals surface area contributed by atoms with Gasteiger partial charge in [-0.25, -0.2) is 9.97 Å². The number of hydrogen-bond donors (Lipinski definition) is 1. The lowest BCUT2D eigenvalue weighted by atomic mass is 10.1. The van der Waals surface area contributed by atoms with E-state index < -0.39 is 0 Å². The fourth-order valence-corrected chi connectivity index (χ4v) is 5.34. The molecule has 0 radical (unpaired) electrons. The van der Waals surface area contributed by atoms with E-state index in [4.69, 9.17) is 0 Å². The zero-order valence-electron chi connectivity index (χ0n) is 15.6. The Morgan fingerprint density at radius 1 is 1.03 bits per heavy atom. The van der Waals surface area contributed by atoms with E-state index in [0.29, 0.717) is 6.04 Å². The predicted octanol–water partition coefficient (Wildman–Crippen LogP) is 5.47. The van der Waals surface area contributed by atoms with Crippen molar-refractivity contribution in [2.45, 2.75) is 29.2 Å². The van der Waals surface area contributed by atoms with Crippen molar-refractivity contribution >= 4 is 39.2 Å². The number of nitrogens with one attached hydrogen (secondary N) is 1. The van der Waals surface area contributed by atoms with Crippen LogP contribution in [-0.4, -0.2) is 21.9 Å². The van der Waals surface area contributed by atoms with Crippen molar-refractivity contribution in [2.24, 2.45) is 0 Å². The number of fused-ring (bicyclic) bond motifs is 1. The van der Waals surface area contributed by atoms with Crippen LogP contribution < -0.4 is 5.32 Å². The molecular formula is C23H19N3OS2. The lowest BCUT2D eigenvalue weighted by molar-refractivity contribution is -0.120. The first-order chi connectivity index (χ1) is 14.3. The Hall–Kier alpha value is -2.70. The van der Waals surface area contributed by atoms with Gasteiger partial charge in [0.15, 0.2) is 0 Å². The van der Waals surface area contributed by atoms with Crippen LogP contribution in [0.15, 0.2) is 78.1 Å². The summed E-state index contributed by atoms with van der Waals surface area (Å²) in [5, 5.41) is 4.66. The molecule has 6 heteroatoms. The molecule has 2 heterocycles. The second-order valence-electron chi connectivity index (χ2n) is 7.07. The summed E-state index contributed by atoms with van der Waals surface area (Å²) in [6.45, 7) is 0. The number of rotatable bonds is 6. The minimum atomic E-state index is -0.338. The maximum absolute atomic E-state index is 13.0. The highest BCUT2D eigenvalue weighted by Crippen LogP contribution is 2.41. The second kappa shape index (κ2) is 7.97. The van der Waals surface area contributed by atoms with Crippen LogP contribution in [0.25, 0.3) is 20.7 Å². The summed E-state index contributed by atoms with van der Waals surface area (Å²) in [6, 6.07) is 22.7. The molecule has 4 nitrogen and oxygen atoms in total. The Kier molecular flexibility index (Phi) is 5.04. The van der Waals surface area contributed by atoms with Crippen LogP contribution in [0.1, 0.15) is 23.7 Å². The summed E-state index contributed by atoms with van der Waals surface area (Å²) in [6.07, 6.45) is 3.73. The number of thioether (sulfide) groups is 1. The van der Waals surface area contributed by atoms with E-state index in [2.05, 4.69) is 33.5 Å². The molecule has 0 bridgehead atoms. The van der Waals surface area contributed by atoms with Crippen LogP contribution in [0.2, 0.25) is 0 Å².